The van der Waals surface area contributed by atoms with Gasteiger partial charge in [-0.05, 0) is 36.6 Å². The minimum atomic E-state index is -0.267. The Kier molecular flexibility index (Phi) is 2.90. The van der Waals surface area contributed by atoms with Crippen molar-refractivity contribution in [2.75, 3.05) is 13.8 Å². The number of hydrogen-bond acceptors (Lipinski definition) is 1. The van der Waals surface area contributed by atoms with Crippen molar-refractivity contribution in [3.05, 3.63) is 30.0 Å². The van der Waals surface area contributed by atoms with E-state index in [-0.39, 0.29) is 6.67 Å². The highest BCUT2D eigenvalue weighted by Crippen LogP contribution is 2.24. The molecule has 1 aromatic heterocycles. The molecule has 1 aromatic carbocycles. The lowest BCUT2D eigenvalue weighted by Gasteiger charge is -2.00. The van der Waals surface area contributed by atoms with Crippen molar-refractivity contribution in [2.45, 2.75) is 12.8 Å². The fourth-order valence-electron chi connectivity index (χ4n) is 1.75. The maximum absolute atomic E-state index is 12.1. The fraction of sp³-hybridized carbons (Fsp3) is 0.333. The first kappa shape index (κ1) is 10.0. The molecule has 0 aliphatic rings. The quantitative estimate of drug-likeness (QED) is 0.818. The van der Waals surface area contributed by atoms with Gasteiger partial charge in [-0.1, -0.05) is 0 Å². The van der Waals surface area contributed by atoms with E-state index in [1.165, 1.54) is 0 Å². The number of hydrogen-bond donors (Lipinski definition) is 1. The van der Waals surface area contributed by atoms with Crippen molar-refractivity contribution in [1.82, 2.24) is 4.98 Å². The summed E-state index contributed by atoms with van der Waals surface area (Å²) < 4.78 is 17.3. The van der Waals surface area contributed by atoms with Gasteiger partial charge in [-0.25, -0.2) is 0 Å². The molecule has 0 amide bonds. The molecule has 80 valence electrons. The molecule has 3 heteroatoms. The maximum Gasteiger partial charge on any atom is 0.119 e. The minimum absolute atomic E-state index is 0.267. The summed E-state index contributed by atoms with van der Waals surface area (Å²) in [5.41, 5.74) is 2.23. The van der Waals surface area contributed by atoms with Crippen LogP contribution in [0.4, 0.5) is 4.39 Å². The summed E-state index contributed by atoms with van der Waals surface area (Å²) in [5.74, 6) is 0.837. The molecular weight excluding hydrogens is 193 g/mol. The van der Waals surface area contributed by atoms with Crippen LogP contribution in [-0.2, 0) is 6.42 Å². The number of aryl methyl sites for hydroxylation is 1. The fourth-order valence-corrected chi connectivity index (χ4v) is 1.75. The molecule has 2 rings (SSSR count). The van der Waals surface area contributed by atoms with E-state index in [4.69, 9.17) is 4.74 Å². The number of methoxy groups -OCH3 is 1. The van der Waals surface area contributed by atoms with Crippen molar-refractivity contribution in [3.63, 3.8) is 0 Å². The van der Waals surface area contributed by atoms with Gasteiger partial charge in [0.05, 0.1) is 13.8 Å². The van der Waals surface area contributed by atoms with Crippen LogP contribution < -0.4 is 4.74 Å². The van der Waals surface area contributed by atoms with Crippen LogP contribution in [0.3, 0.4) is 0 Å². The Morgan fingerprint density at radius 2 is 2.27 bits per heavy atom. The van der Waals surface area contributed by atoms with Crippen LogP contribution in [0.25, 0.3) is 10.9 Å². The second kappa shape index (κ2) is 4.34. The number of H-pyrrole nitrogens is 1. The van der Waals surface area contributed by atoms with Crippen molar-refractivity contribution in [2.24, 2.45) is 0 Å². The molecule has 0 spiro atoms. The molecular formula is C12H14FNO. The lowest BCUT2D eigenvalue weighted by Crippen LogP contribution is -1.86. The summed E-state index contributed by atoms with van der Waals surface area (Å²) in [6.07, 6.45) is 3.29. The first-order valence-electron chi connectivity index (χ1n) is 5.05. The van der Waals surface area contributed by atoms with E-state index >= 15 is 0 Å². The Balaban J connectivity index is 2.38. The summed E-state index contributed by atoms with van der Waals surface area (Å²) in [7, 11) is 1.65. The molecule has 1 heterocycles. The van der Waals surface area contributed by atoms with Crippen LogP contribution >= 0.6 is 0 Å². The molecule has 0 aliphatic heterocycles. The van der Waals surface area contributed by atoms with Gasteiger partial charge in [0, 0.05) is 17.1 Å². The second-order valence-corrected chi connectivity index (χ2v) is 3.52. The van der Waals surface area contributed by atoms with Gasteiger partial charge in [-0.2, -0.15) is 0 Å². The van der Waals surface area contributed by atoms with Crippen LogP contribution in [0.2, 0.25) is 0 Å². The highest BCUT2D eigenvalue weighted by molar-refractivity contribution is 5.84. The molecule has 0 radical (unpaired) electrons. The van der Waals surface area contributed by atoms with Gasteiger partial charge >= 0.3 is 0 Å². The molecule has 2 nitrogen and oxygen atoms in total. The van der Waals surface area contributed by atoms with Crippen molar-refractivity contribution >= 4 is 10.9 Å². The number of fused-ring (bicyclic) bond motifs is 1. The van der Waals surface area contributed by atoms with Gasteiger partial charge in [0.1, 0.15) is 5.75 Å². The maximum atomic E-state index is 12.1. The molecule has 0 bridgehead atoms. The molecule has 0 saturated carbocycles. The van der Waals surface area contributed by atoms with E-state index in [1.54, 1.807) is 7.11 Å². The van der Waals surface area contributed by atoms with Crippen LogP contribution in [0.1, 0.15) is 12.0 Å². The smallest absolute Gasteiger partial charge is 0.119 e. The van der Waals surface area contributed by atoms with Gasteiger partial charge in [0.15, 0.2) is 0 Å². The predicted molar refractivity (Wildman–Crippen MR) is 59.1 cm³/mol. The summed E-state index contributed by atoms with van der Waals surface area (Å²) in [6, 6.07) is 5.88. The summed E-state index contributed by atoms with van der Waals surface area (Å²) in [5, 5.41) is 1.13. The Labute approximate surface area is 88.1 Å². The van der Waals surface area contributed by atoms with Crippen molar-refractivity contribution in [1.29, 1.82) is 0 Å². The number of aromatic nitrogens is 1. The number of ether oxygens (including phenoxy) is 1. The lowest BCUT2D eigenvalue weighted by atomic mass is 10.1. The van der Waals surface area contributed by atoms with Crippen molar-refractivity contribution in [3.8, 4) is 5.75 Å². The highest BCUT2D eigenvalue weighted by atomic mass is 19.1. The predicted octanol–water partition coefficient (Wildman–Crippen LogP) is 3.08. The zero-order chi connectivity index (χ0) is 10.7. The summed E-state index contributed by atoms with van der Waals surface area (Å²) in [4.78, 5) is 3.17. The Bertz CT molecular complexity index is 450. The number of halogens is 1. The Hall–Kier alpha value is -1.51. The first-order chi connectivity index (χ1) is 7.35. The number of rotatable bonds is 4. The summed E-state index contributed by atoms with van der Waals surface area (Å²) in [6.45, 7) is -0.267. The molecule has 2 aromatic rings. The lowest BCUT2D eigenvalue weighted by molar-refractivity contribution is 0.415. The molecule has 15 heavy (non-hydrogen) atoms. The second-order valence-electron chi connectivity index (χ2n) is 3.52. The largest absolute Gasteiger partial charge is 0.497 e. The number of alkyl halides is 1. The van der Waals surface area contributed by atoms with E-state index in [9.17, 15) is 4.39 Å². The van der Waals surface area contributed by atoms with Gasteiger partial charge in [-0.15, -0.1) is 0 Å². The van der Waals surface area contributed by atoms with Crippen LogP contribution in [0, 0.1) is 0 Å². The zero-order valence-electron chi connectivity index (χ0n) is 8.72. The monoisotopic (exact) mass is 207 g/mol. The molecule has 1 N–H and O–H groups in total. The van der Waals surface area contributed by atoms with Crippen LogP contribution in [0.15, 0.2) is 24.4 Å². The number of aromatic amines is 1. The van der Waals surface area contributed by atoms with E-state index in [1.807, 2.05) is 24.4 Å². The average molecular weight is 207 g/mol. The highest BCUT2D eigenvalue weighted by Gasteiger charge is 2.04. The molecule has 0 fully saturated rings. The topological polar surface area (TPSA) is 25.0 Å². The molecule has 0 atom stereocenters. The van der Waals surface area contributed by atoms with E-state index in [0.717, 1.165) is 28.6 Å². The average Bonchev–Trinajstić information content (AvgIpc) is 2.68. The normalized spacial score (nSPS) is 10.8. The third-order valence-corrected chi connectivity index (χ3v) is 2.55. The third-order valence-electron chi connectivity index (χ3n) is 2.55. The Morgan fingerprint density at radius 3 is 3.00 bits per heavy atom. The van der Waals surface area contributed by atoms with Crippen LogP contribution in [-0.4, -0.2) is 18.8 Å². The number of nitrogens with one attached hydrogen (secondary N) is 1. The number of benzene rings is 1. The minimum Gasteiger partial charge on any atom is -0.497 e. The molecule has 0 saturated heterocycles. The Morgan fingerprint density at radius 1 is 1.40 bits per heavy atom. The first-order valence-corrected chi connectivity index (χ1v) is 5.05. The summed E-state index contributed by atoms with van der Waals surface area (Å²) >= 11 is 0. The van der Waals surface area contributed by atoms with Crippen molar-refractivity contribution < 1.29 is 9.13 Å². The molecule has 0 unspecified atom stereocenters. The van der Waals surface area contributed by atoms with Gasteiger partial charge in [0.25, 0.3) is 0 Å². The van der Waals surface area contributed by atoms with Gasteiger partial charge < -0.3 is 9.72 Å². The van der Waals surface area contributed by atoms with Gasteiger partial charge in [0.2, 0.25) is 0 Å². The van der Waals surface area contributed by atoms with E-state index in [0.29, 0.717) is 6.42 Å². The van der Waals surface area contributed by atoms with E-state index in [2.05, 4.69) is 4.98 Å². The third kappa shape index (κ3) is 1.96. The van der Waals surface area contributed by atoms with Crippen LogP contribution in [0.5, 0.6) is 5.75 Å². The van der Waals surface area contributed by atoms with Gasteiger partial charge in [-0.3, -0.25) is 4.39 Å². The molecule has 0 aliphatic carbocycles. The SMILES string of the molecule is COc1ccc2[nH]cc(CCCF)c2c1. The zero-order valence-corrected chi connectivity index (χ0v) is 8.72. The van der Waals surface area contributed by atoms with E-state index < -0.39 is 0 Å². The standard InChI is InChI=1S/C12H14FNO/c1-15-10-4-5-12-11(7-10)9(8-14-12)3-2-6-13/h4-5,7-8,14H,2-3,6H2,1H3.